The van der Waals surface area contributed by atoms with Crippen molar-refractivity contribution in [3.8, 4) is 5.75 Å². The van der Waals surface area contributed by atoms with E-state index in [0.717, 1.165) is 0 Å². The van der Waals surface area contributed by atoms with E-state index in [2.05, 4.69) is 10.6 Å². The number of carbonyl (C=O) groups is 2. The Labute approximate surface area is 113 Å². The van der Waals surface area contributed by atoms with Crippen molar-refractivity contribution in [2.24, 2.45) is 5.92 Å². The largest absolute Gasteiger partial charge is 0.497 e. The van der Waals surface area contributed by atoms with Crippen LogP contribution in [0, 0.1) is 5.92 Å². The third kappa shape index (κ3) is 5.42. The fourth-order valence-electron chi connectivity index (χ4n) is 1.39. The Morgan fingerprint density at radius 3 is 2.32 bits per heavy atom. The number of amides is 2. The number of nitrogens with one attached hydrogen (secondary N) is 2. The van der Waals surface area contributed by atoms with Crippen molar-refractivity contribution in [1.82, 2.24) is 10.6 Å². The SMILES string of the molecule is COc1ccc(C(=O)NCC(=O)NCC(C)C)cc1. The summed E-state index contributed by atoms with van der Waals surface area (Å²) in [6, 6.07) is 6.71. The van der Waals surface area contributed by atoms with E-state index >= 15 is 0 Å². The third-order valence-corrected chi connectivity index (χ3v) is 2.47. The molecule has 0 bridgehead atoms. The molecule has 5 heteroatoms. The molecule has 0 heterocycles. The number of carbonyl (C=O) groups excluding carboxylic acids is 2. The second kappa shape index (κ2) is 7.41. The van der Waals surface area contributed by atoms with Gasteiger partial charge in [0.1, 0.15) is 5.75 Å². The molecule has 0 radical (unpaired) electrons. The Morgan fingerprint density at radius 2 is 1.79 bits per heavy atom. The van der Waals surface area contributed by atoms with Crippen molar-refractivity contribution in [1.29, 1.82) is 0 Å². The first kappa shape index (κ1) is 15.0. The van der Waals surface area contributed by atoms with Gasteiger partial charge in [0.05, 0.1) is 13.7 Å². The molecule has 0 unspecified atom stereocenters. The van der Waals surface area contributed by atoms with Crippen molar-refractivity contribution in [2.75, 3.05) is 20.2 Å². The molecule has 0 saturated heterocycles. The van der Waals surface area contributed by atoms with E-state index in [0.29, 0.717) is 23.8 Å². The normalized spacial score (nSPS) is 10.1. The Balaban J connectivity index is 2.40. The second-order valence-corrected chi connectivity index (χ2v) is 4.61. The second-order valence-electron chi connectivity index (χ2n) is 4.61. The molecule has 0 spiro atoms. The summed E-state index contributed by atoms with van der Waals surface area (Å²) in [6.45, 7) is 4.61. The minimum atomic E-state index is -0.276. The monoisotopic (exact) mass is 264 g/mol. The lowest BCUT2D eigenvalue weighted by molar-refractivity contribution is -0.120. The summed E-state index contributed by atoms with van der Waals surface area (Å²) >= 11 is 0. The van der Waals surface area contributed by atoms with Crippen LogP contribution < -0.4 is 15.4 Å². The lowest BCUT2D eigenvalue weighted by Crippen LogP contribution is -2.38. The van der Waals surface area contributed by atoms with Crippen molar-refractivity contribution in [3.05, 3.63) is 29.8 Å². The van der Waals surface area contributed by atoms with Gasteiger partial charge in [-0.05, 0) is 30.2 Å². The lowest BCUT2D eigenvalue weighted by atomic mass is 10.2. The van der Waals surface area contributed by atoms with Gasteiger partial charge < -0.3 is 15.4 Å². The fraction of sp³-hybridized carbons (Fsp3) is 0.429. The maximum atomic E-state index is 11.8. The summed E-state index contributed by atoms with van der Waals surface area (Å²) in [7, 11) is 1.56. The standard InChI is InChI=1S/C14H20N2O3/c1-10(2)8-15-13(17)9-16-14(18)11-4-6-12(19-3)7-5-11/h4-7,10H,8-9H2,1-3H3,(H,15,17)(H,16,18). The molecule has 0 atom stereocenters. The van der Waals surface area contributed by atoms with Crippen LogP contribution in [0.5, 0.6) is 5.75 Å². The molecule has 1 aromatic carbocycles. The van der Waals surface area contributed by atoms with Crippen LogP contribution in [0.15, 0.2) is 24.3 Å². The summed E-state index contributed by atoms with van der Waals surface area (Å²) in [6.07, 6.45) is 0. The van der Waals surface area contributed by atoms with Gasteiger partial charge in [-0.2, -0.15) is 0 Å². The van der Waals surface area contributed by atoms with E-state index in [-0.39, 0.29) is 18.4 Å². The highest BCUT2D eigenvalue weighted by Gasteiger charge is 2.08. The van der Waals surface area contributed by atoms with E-state index in [1.165, 1.54) is 0 Å². The first-order valence-corrected chi connectivity index (χ1v) is 6.22. The predicted octanol–water partition coefficient (Wildman–Crippen LogP) is 1.20. The number of benzene rings is 1. The third-order valence-electron chi connectivity index (χ3n) is 2.47. The van der Waals surface area contributed by atoms with E-state index in [1.54, 1.807) is 31.4 Å². The van der Waals surface area contributed by atoms with Crippen molar-refractivity contribution in [3.63, 3.8) is 0 Å². The van der Waals surface area contributed by atoms with Crippen LogP contribution in [0.2, 0.25) is 0 Å². The highest BCUT2D eigenvalue weighted by Crippen LogP contribution is 2.10. The van der Waals surface area contributed by atoms with E-state index in [9.17, 15) is 9.59 Å². The van der Waals surface area contributed by atoms with Gasteiger partial charge in [-0.1, -0.05) is 13.8 Å². The van der Waals surface area contributed by atoms with Crippen molar-refractivity contribution in [2.45, 2.75) is 13.8 Å². The Bertz CT molecular complexity index is 427. The zero-order valence-corrected chi connectivity index (χ0v) is 11.5. The van der Waals surface area contributed by atoms with Crippen LogP contribution in [-0.2, 0) is 4.79 Å². The fourth-order valence-corrected chi connectivity index (χ4v) is 1.39. The number of hydrogen-bond acceptors (Lipinski definition) is 3. The van der Waals surface area contributed by atoms with Gasteiger partial charge in [-0.15, -0.1) is 0 Å². The molecule has 0 aliphatic heterocycles. The van der Waals surface area contributed by atoms with Gasteiger partial charge in [0.15, 0.2) is 0 Å². The molecule has 1 aromatic rings. The minimum absolute atomic E-state index is 0.0163. The number of rotatable bonds is 6. The molecule has 104 valence electrons. The van der Waals surface area contributed by atoms with Crippen LogP contribution in [0.3, 0.4) is 0 Å². The van der Waals surface area contributed by atoms with Gasteiger partial charge in [-0.25, -0.2) is 0 Å². The van der Waals surface area contributed by atoms with Gasteiger partial charge in [0, 0.05) is 12.1 Å². The topological polar surface area (TPSA) is 67.4 Å². The minimum Gasteiger partial charge on any atom is -0.497 e. The average molecular weight is 264 g/mol. The lowest BCUT2D eigenvalue weighted by Gasteiger charge is -2.09. The molecule has 2 amide bonds. The van der Waals surface area contributed by atoms with Gasteiger partial charge >= 0.3 is 0 Å². The summed E-state index contributed by atoms with van der Waals surface area (Å²) < 4.78 is 5.01. The smallest absolute Gasteiger partial charge is 0.251 e. The van der Waals surface area contributed by atoms with Crippen LogP contribution in [0.4, 0.5) is 0 Å². The molecule has 0 saturated carbocycles. The van der Waals surface area contributed by atoms with Crippen molar-refractivity contribution >= 4 is 11.8 Å². The molecule has 0 fully saturated rings. The summed E-state index contributed by atoms with van der Waals surface area (Å²) in [4.78, 5) is 23.2. The molecule has 19 heavy (non-hydrogen) atoms. The number of ether oxygens (including phenoxy) is 1. The van der Waals surface area contributed by atoms with Crippen molar-refractivity contribution < 1.29 is 14.3 Å². The molecule has 0 aromatic heterocycles. The summed E-state index contributed by atoms with van der Waals surface area (Å²) in [5.74, 6) is 0.616. The van der Waals surface area contributed by atoms with Gasteiger partial charge in [0.2, 0.25) is 5.91 Å². The van der Waals surface area contributed by atoms with Crippen LogP contribution >= 0.6 is 0 Å². The molecular weight excluding hydrogens is 244 g/mol. The average Bonchev–Trinajstić information content (AvgIpc) is 2.42. The maximum absolute atomic E-state index is 11.8. The maximum Gasteiger partial charge on any atom is 0.251 e. The molecule has 1 rings (SSSR count). The molecule has 0 aliphatic carbocycles. The molecular formula is C14H20N2O3. The highest BCUT2D eigenvalue weighted by atomic mass is 16.5. The number of methoxy groups -OCH3 is 1. The zero-order chi connectivity index (χ0) is 14.3. The predicted molar refractivity (Wildman–Crippen MR) is 73.2 cm³/mol. The first-order valence-electron chi connectivity index (χ1n) is 6.22. The summed E-state index contributed by atoms with van der Waals surface area (Å²) in [5, 5.41) is 5.30. The Morgan fingerprint density at radius 1 is 1.16 bits per heavy atom. The van der Waals surface area contributed by atoms with Crippen LogP contribution in [-0.4, -0.2) is 32.0 Å². The molecule has 5 nitrogen and oxygen atoms in total. The Kier molecular flexibility index (Phi) is 5.85. The number of hydrogen-bond donors (Lipinski definition) is 2. The molecule has 2 N–H and O–H groups in total. The van der Waals surface area contributed by atoms with Crippen LogP contribution in [0.1, 0.15) is 24.2 Å². The van der Waals surface area contributed by atoms with E-state index in [4.69, 9.17) is 4.74 Å². The van der Waals surface area contributed by atoms with Gasteiger partial charge in [0.25, 0.3) is 5.91 Å². The Hall–Kier alpha value is -2.04. The van der Waals surface area contributed by atoms with Crippen LogP contribution in [0.25, 0.3) is 0 Å². The van der Waals surface area contributed by atoms with E-state index in [1.807, 2.05) is 13.8 Å². The van der Waals surface area contributed by atoms with Gasteiger partial charge in [-0.3, -0.25) is 9.59 Å². The molecule has 0 aliphatic rings. The zero-order valence-electron chi connectivity index (χ0n) is 11.5. The first-order chi connectivity index (χ1) is 9.02. The highest BCUT2D eigenvalue weighted by molar-refractivity contribution is 5.96. The quantitative estimate of drug-likeness (QED) is 0.811. The summed E-state index contributed by atoms with van der Waals surface area (Å²) in [5.41, 5.74) is 0.498. The van der Waals surface area contributed by atoms with E-state index < -0.39 is 0 Å².